The molecule has 9 heteroatoms. The van der Waals surface area contributed by atoms with Crippen molar-refractivity contribution >= 4 is 29.3 Å². The molecule has 2 amide bonds. The summed E-state index contributed by atoms with van der Waals surface area (Å²) in [6, 6.07) is 7.13. The molecule has 1 saturated heterocycles. The van der Waals surface area contributed by atoms with Crippen molar-refractivity contribution in [1.29, 1.82) is 0 Å². The summed E-state index contributed by atoms with van der Waals surface area (Å²) in [5.41, 5.74) is 1.01. The van der Waals surface area contributed by atoms with E-state index in [1.807, 2.05) is 14.1 Å². The molecule has 1 aromatic heterocycles. The second-order valence-electron chi connectivity index (χ2n) is 7.16. The first-order chi connectivity index (χ1) is 13.8. The van der Waals surface area contributed by atoms with Crippen LogP contribution in [0.5, 0.6) is 0 Å². The van der Waals surface area contributed by atoms with Crippen molar-refractivity contribution in [3.8, 4) is 0 Å². The molecule has 0 radical (unpaired) electrons. The van der Waals surface area contributed by atoms with E-state index in [1.165, 1.54) is 35.4 Å². The van der Waals surface area contributed by atoms with Crippen molar-refractivity contribution in [3.05, 3.63) is 58.6 Å². The number of aromatic carboxylic acids is 1. The number of anilines is 1. The van der Waals surface area contributed by atoms with Gasteiger partial charge in [0.25, 0.3) is 0 Å². The monoisotopic (exact) mass is 420 g/mol. The summed E-state index contributed by atoms with van der Waals surface area (Å²) in [4.78, 5) is 33.7. The van der Waals surface area contributed by atoms with Gasteiger partial charge in [0.05, 0.1) is 22.8 Å². The van der Waals surface area contributed by atoms with E-state index in [0.29, 0.717) is 24.5 Å². The van der Waals surface area contributed by atoms with Gasteiger partial charge in [0.2, 0.25) is 0 Å². The van der Waals surface area contributed by atoms with Gasteiger partial charge in [-0.3, -0.25) is 9.88 Å². The van der Waals surface area contributed by atoms with Gasteiger partial charge in [0.1, 0.15) is 5.82 Å². The fraction of sp³-hybridized carbons (Fsp3) is 0.350. The largest absolute Gasteiger partial charge is 0.478 e. The maximum Gasteiger partial charge on any atom is 0.337 e. The van der Waals surface area contributed by atoms with Crippen LogP contribution < -0.4 is 4.90 Å². The lowest BCUT2D eigenvalue weighted by Crippen LogP contribution is -2.43. The van der Waals surface area contributed by atoms with Crippen molar-refractivity contribution < 1.29 is 19.1 Å². The summed E-state index contributed by atoms with van der Waals surface area (Å²) >= 11 is 5.93. The summed E-state index contributed by atoms with van der Waals surface area (Å²) in [6.45, 7) is 1.30. The van der Waals surface area contributed by atoms with Gasteiger partial charge in [-0.1, -0.05) is 11.6 Å². The van der Waals surface area contributed by atoms with Gasteiger partial charge in [-0.2, -0.15) is 0 Å². The van der Waals surface area contributed by atoms with Crippen LogP contribution in [0.2, 0.25) is 5.02 Å². The standard InChI is InChI=1S/C20H22ClFN4O3/c1-24(2)16-7-8-25(12-16)20(29)26(15-5-6-18(22)17(21)9-15)11-14-4-3-13(10-23-14)19(27)28/h3-6,9-10,16H,7-8,11-12H2,1-2H3,(H,27,28)/t16-/m1/s1. The number of halogens is 2. The van der Waals surface area contributed by atoms with Crippen LogP contribution in [0.25, 0.3) is 0 Å². The Hall–Kier alpha value is -2.71. The highest BCUT2D eigenvalue weighted by Crippen LogP contribution is 2.26. The predicted octanol–water partition coefficient (Wildman–Crippen LogP) is 3.33. The van der Waals surface area contributed by atoms with Crippen LogP contribution in [-0.2, 0) is 6.54 Å². The average Bonchev–Trinajstić information content (AvgIpc) is 3.19. The van der Waals surface area contributed by atoms with Gasteiger partial charge in [-0.15, -0.1) is 0 Å². The fourth-order valence-corrected chi connectivity index (χ4v) is 3.41. The normalized spacial score (nSPS) is 16.3. The molecule has 0 unspecified atom stereocenters. The molecular formula is C20H22ClFN4O3. The van der Waals surface area contributed by atoms with Crippen LogP contribution in [0, 0.1) is 5.82 Å². The van der Waals surface area contributed by atoms with Crippen molar-refractivity contribution in [1.82, 2.24) is 14.8 Å². The van der Waals surface area contributed by atoms with E-state index < -0.39 is 11.8 Å². The summed E-state index contributed by atoms with van der Waals surface area (Å²) in [5.74, 6) is -1.64. The molecule has 154 valence electrons. The molecule has 1 aliphatic rings. The van der Waals surface area contributed by atoms with Crippen molar-refractivity contribution in [3.63, 3.8) is 0 Å². The number of urea groups is 1. The molecule has 2 aromatic rings. The number of likely N-dealkylation sites (tertiary alicyclic amines) is 1. The van der Waals surface area contributed by atoms with E-state index in [9.17, 15) is 14.0 Å². The molecule has 29 heavy (non-hydrogen) atoms. The number of carboxylic acids is 1. The molecule has 1 N–H and O–H groups in total. The number of hydrogen-bond acceptors (Lipinski definition) is 4. The van der Waals surface area contributed by atoms with E-state index in [1.54, 1.807) is 11.0 Å². The number of amides is 2. The molecule has 0 bridgehead atoms. The highest BCUT2D eigenvalue weighted by molar-refractivity contribution is 6.31. The van der Waals surface area contributed by atoms with Gasteiger partial charge < -0.3 is 14.9 Å². The molecule has 2 heterocycles. The van der Waals surface area contributed by atoms with Gasteiger partial charge in [-0.25, -0.2) is 14.0 Å². The zero-order chi connectivity index (χ0) is 21.1. The van der Waals surface area contributed by atoms with E-state index in [4.69, 9.17) is 16.7 Å². The molecular weight excluding hydrogens is 399 g/mol. The first-order valence-electron chi connectivity index (χ1n) is 9.12. The molecule has 0 saturated carbocycles. The smallest absolute Gasteiger partial charge is 0.337 e. The van der Waals surface area contributed by atoms with Crippen molar-refractivity contribution in [2.24, 2.45) is 0 Å². The Labute approximate surface area is 173 Å². The second-order valence-corrected chi connectivity index (χ2v) is 7.57. The number of rotatable bonds is 5. The number of nitrogens with zero attached hydrogens (tertiary/aromatic N) is 4. The van der Waals surface area contributed by atoms with Crippen LogP contribution in [-0.4, -0.2) is 65.1 Å². The summed E-state index contributed by atoms with van der Waals surface area (Å²) in [7, 11) is 3.95. The molecule has 1 aromatic carbocycles. The zero-order valence-electron chi connectivity index (χ0n) is 16.2. The number of aromatic nitrogens is 1. The Morgan fingerprint density at radius 1 is 1.31 bits per heavy atom. The number of hydrogen-bond donors (Lipinski definition) is 1. The second kappa shape index (κ2) is 8.75. The Kier molecular flexibility index (Phi) is 6.34. The summed E-state index contributed by atoms with van der Waals surface area (Å²) in [5, 5.41) is 8.95. The van der Waals surface area contributed by atoms with Crippen LogP contribution in [0.1, 0.15) is 22.5 Å². The lowest BCUT2D eigenvalue weighted by atomic mass is 10.2. The molecule has 7 nitrogen and oxygen atoms in total. The fourth-order valence-electron chi connectivity index (χ4n) is 3.24. The molecule has 0 spiro atoms. The molecule has 3 rings (SSSR count). The Bertz CT molecular complexity index is 907. The van der Waals surface area contributed by atoms with E-state index in [0.717, 1.165) is 6.42 Å². The lowest BCUT2D eigenvalue weighted by Gasteiger charge is -2.29. The molecule has 1 aliphatic heterocycles. The van der Waals surface area contributed by atoms with E-state index >= 15 is 0 Å². The molecule has 1 fully saturated rings. The zero-order valence-corrected chi connectivity index (χ0v) is 16.9. The Morgan fingerprint density at radius 3 is 2.62 bits per heavy atom. The van der Waals surface area contributed by atoms with E-state index in [2.05, 4.69) is 9.88 Å². The lowest BCUT2D eigenvalue weighted by molar-refractivity contribution is 0.0696. The predicted molar refractivity (Wildman–Crippen MR) is 108 cm³/mol. The Morgan fingerprint density at radius 2 is 2.07 bits per heavy atom. The maximum atomic E-state index is 13.6. The number of carboxylic acid groups (broad SMARTS) is 1. The van der Waals surface area contributed by atoms with Crippen LogP contribution >= 0.6 is 11.6 Å². The first kappa shape index (κ1) is 21.0. The number of carbonyl (C=O) groups excluding carboxylic acids is 1. The minimum absolute atomic E-state index is 0.0600. The van der Waals surface area contributed by atoms with Crippen LogP contribution in [0.4, 0.5) is 14.9 Å². The molecule has 1 atom stereocenters. The van der Waals surface area contributed by atoms with E-state index in [-0.39, 0.29) is 29.2 Å². The molecule has 0 aliphatic carbocycles. The quantitative estimate of drug-likeness (QED) is 0.802. The van der Waals surface area contributed by atoms with Crippen molar-refractivity contribution in [2.45, 2.75) is 19.0 Å². The third-order valence-electron chi connectivity index (χ3n) is 5.00. The van der Waals surface area contributed by atoms with Gasteiger partial charge in [-0.05, 0) is 50.8 Å². The third-order valence-corrected chi connectivity index (χ3v) is 5.29. The average molecular weight is 421 g/mol. The summed E-state index contributed by atoms with van der Waals surface area (Å²) in [6.07, 6.45) is 2.11. The first-order valence-corrected chi connectivity index (χ1v) is 9.50. The van der Waals surface area contributed by atoms with Crippen LogP contribution in [0.3, 0.4) is 0 Å². The minimum Gasteiger partial charge on any atom is -0.478 e. The number of pyridine rings is 1. The van der Waals surface area contributed by atoms with Gasteiger partial charge in [0.15, 0.2) is 0 Å². The highest BCUT2D eigenvalue weighted by Gasteiger charge is 2.31. The number of benzene rings is 1. The SMILES string of the molecule is CN(C)[C@@H]1CCN(C(=O)N(Cc2ccc(C(=O)O)cn2)c2ccc(F)c(Cl)c2)C1. The highest BCUT2D eigenvalue weighted by atomic mass is 35.5. The van der Waals surface area contributed by atoms with Gasteiger partial charge in [0, 0.05) is 31.0 Å². The third kappa shape index (κ3) is 4.83. The maximum absolute atomic E-state index is 13.6. The summed E-state index contributed by atoms with van der Waals surface area (Å²) < 4.78 is 13.6. The topological polar surface area (TPSA) is 77.0 Å². The van der Waals surface area contributed by atoms with Gasteiger partial charge >= 0.3 is 12.0 Å². The van der Waals surface area contributed by atoms with Crippen molar-refractivity contribution in [2.75, 3.05) is 32.1 Å². The number of likely N-dealkylation sites (N-methyl/N-ethyl adjacent to an activating group) is 1. The van der Waals surface area contributed by atoms with Crippen LogP contribution in [0.15, 0.2) is 36.5 Å². The number of carbonyl (C=O) groups is 2. The minimum atomic E-state index is -1.07. The Balaban J connectivity index is 1.88.